The van der Waals surface area contributed by atoms with Crippen LogP contribution in [0.5, 0.6) is 0 Å². The quantitative estimate of drug-likeness (QED) is 0.480. The van der Waals surface area contributed by atoms with E-state index in [1.165, 1.54) is 6.08 Å². The minimum absolute atomic E-state index is 0.0390. The number of aliphatic hydroxyl groups is 1. The van der Waals surface area contributed by atoms with E-state index in [-0.39, 0.29) is 29.5 Å². The summed E-state index contributed by atoms with van der Waals surface area (Å²) >= 11 is 0. The van der Waals surface area contributed by atoms with Gasteiger partial charge in [-0.2, -0.15) is 0 Å². The molecule has 0 spiro atoms. The van der Waals surface area contributed by atoms with Gasteiger partial charge in [0.1, 0.15) is 12.2 Å². The highest BCUT2D eigenvalue weighted by molar-refractivity contribution is 6.02. The molecule has 0 unspecified atom stereocenters. The van der Waals surface area contributed by atoms with Crippen LogP contribution in [0.1, 0.15) is 47.5 Å². The van der Waals surface area contributed by atoms with Crippen LogP contribution in [-0.4, -0.2) is 29.1 Å². The van der Waals surface area contributed by atoms with Gasteiger partial charge in [0, 0.05) is 12.0 Å². The van der Waals surface area contributed by atoms with E-state index >= 15 is 0 Å². The highest BCUT2D eigenvalue weighted by atomic mass is 16.5. The molecule has 0 aromatic rings. The number of fused-ring (bicyclic) bond motifs is 1. The lowest BCUT2D eigenvalue weighted by atomic mass is 9.65. The van der Waals surface area contributed by atoms with Crippen LogP contribution in [-0.2, 0) is 14.3 Å². The molecule has 2 rings (SSSR count). The van der Waals surface area contributed by atoms with Crippen molar-refractivity contribution in [1.82, 2.24) is 0 Å². The molecule has 0 radical (unpaired) electrons. The number of esters is 1. The molecule has 0 aromatic carbocycles. The summed E-state index contributed by atoms with van der Waals surface area (Å²) in [4.78, 5) is 24.6. The molecule has 25 heavy (non-hydrogen) atoms. The van der Waals surface area contributed by atoms with Crippen LogP contribution in [0.3, 0.4) is 0 Å². The Bertz CT molecular complexity index is 626. The van der Waals surface area contributed by atoms with Crippen LogP contribution in [0.15, 0.2) is 35.5 Å². The first kappa shape index (κ1) is 19.6. The molecule has 2 aliphatic rings. The third-order valence-electron chi connectivity index (χ3n) is 5.78. The van der Waals surface area contributed by atoms with E-state index in [0.29, 0.717) is 23.5 Å². The van der Waals surface area contributed by atoms with Crippen molar-refractivity contribution in [3.63, 3.8) is 0 Å². The van der Waals surface area contributed by atoms with Gasteiger partial charge >= 0.3 is 5.97 Å². The zero-order valence-corrected chi connectivity index (χ0v) is 15.9. The molecule has 2 aliphatic carbocycles. The van der Waals surface area contributed by atoms with Crippen molar-refractivity contribution in [2.24, 2.45) is 23.7 Å². The Morgan fingerprint density at radius 1 is 1.40 bits per heavy atom. The average molecular weight is 346 g/mol. The van der Waals surface area contributed by atoms with Gasteiger partial charge in [0.2, 0.25) is 0 Å². The maximum atomic E-state index is 12.5. The van der Waals surface area contributed by atoms with Gasteiger partial charge in [-0.15, -0.1) is 0 Å². The number of ether oxygens (including phenoxy) is 1. The Labute approximate surface area is 150 Å². The lowest BCUT2D eigenvalue weighted by Gasteiger charge is -2.42. The normalized spacial score (nSPS) is 34.6. The fourth-order valence-corrected chi connectivity index (χ4v) is 4.20. The van der Waals surface area contributed by atoms with E-state index in [9.17, 15) is 14.7 Å². The van der Waals surface area contributed by atoms with E-state index < -0.39 is 12.2 Å². The molecular weight excluding hydrogens is 316 g/mol. The first-order chi connectivity index (χ1) is 11.7. The second-order valence-corrected chi connectivity index (χ2v) is 7.59. The van der Waals surface area contributed by atoms with Crippen LogP contribution >= 0.6 is 0 Å². The number of rotatable bonds is 4. The van der Waals surface area contributed by atoms with Crippen molar-refractivity contribution in [1.29, 1.82) is 0 Å². The molecule has 0 aliphatic heterocycles. The van der Waals surface area contributed by atoms with Gasteiger partial charge in [0.25, 0.3) is 0 Å². The molecule has 5 atom stereocenters. The topological polar surface area (TPSA) is 63.6 Å². The molecule has 0 heterocycles. The number of carbonyl (C=O) groups is 2. The fourth-order valence-electron chi connectivity index (χ4n) is 4.20. The zero-order chi connectivity index (χ0) is 18.9. The van der Waals surface area contributed by atoms with Crippen molar-refractivity contribution in [3.8, 4) is 0 Å². The van der Waals surface area contributed by atoms with Crippen LogP contribution < -0.4 is 0 Å². The summed E-state index contributed by atoms with van der Waals surface area (Å²) in [5.41, 5.74) is 2.32. The van der Waals surface area contributed by atoms with Crippen molar-refractivity contribution in [3.05, 3.63) is 35.5 Å². The summed E-state index contributed by atoms with van der Waals surface area (Å²) in [5, 5.41) is 10.5. The molecule has 4 heteroatoms. The average Bonchev–Trinajstić information content (AvgIpc) is 2.81. The van der Waals surface area contributed by atoms with Crippen molar-refractivity contribution in [2.45, 2.75) is 59.7 Å². The molecule has 2 fully saturated rings. The monoisotopic (exact) mass is 346 g/mol. The number of hydrogen-bond donors (Lipinski definition) is 1. The number of carbonyl (C=O) groups excluding carboxylic acids is 2. The highest BCUT2D eigenvalue weighted by Gasteiger charge is 2.54. The highest BCUT2D eigenvalue weighted by Crippen LogP contribution is 2.52. The minimum Gasteiger partial charge on any atom is -0.455 e. The lowest BCUT2D eigenvalue weighted by molar-refractivity contribution is -0.144. The smallest absolute Gasteiger partial charge is 0.331 e. The number of ketones is 1. The first-order valence-electron chi connectivity index (χ1n) is 9.17. The summed E-state index contributed by atoms with van der Waals surface area (Å²) < 4.78 is 5.66. The second kappa shape index (κ2) is 7.69. The fraction of sp³-hybridized carbons (Fsp3) is 0.619. The Morgan fingerprint density at radius 2 is 2.04 bits per heavy atom. The molecule has 0 saturated heterocycles. The van der Waals surface area contributed by atoms with Crippen molar-refractivity contribution >= 4 is 11.8 Å². The number of aliphatic hydroxyl groups excluding tert-OH is 1. The predicted molar refractivity (Wildman–Crippen MR) is 97.8 cm³/mol. The summed E-state index contributed by atoms with van der Waals surface area (Å²) in [5.74, 6) is -0.522. The second-order valence-electron chi connectivity index (χ2n) is 7.59. The summed E-state index contributed by atoms with van der Waals surface area (Å²) in [6.07, 6.45) is 3.22. The van der Waals surface area contributed by atoms with Crippen LogP contribution in [0, 0.1) is 23.7 Å². The maximum absolute atomic E-state index is 12.5. The third kappa shape index (κ3) is 3.64. The molecule has 0 aromatic heterocycles. The molecule has 1 N–H and O–H groups in total. The lowest BCUT2D eigenvalue weighted by Crippen LogP contribution is -2.42. The maximum Gasteiger partial charge on any atom is 0.331 e. The molecular formula is C21H30O4. The van der Waals surface area contributed by atoms with Gasteiger partial charge < -0.3 is 9.84 Å². The molecule has 0 bridgehead atoms. The molecule has 0 amide bonds. The van der Waals surface area contributed by atoms with Crippen LogP contribution in [0.4, 0.5) is 0 Å². The van der Waals surface area contributed by atoms with Gasteiger partial charge in [0.05, 0.1) is 0 Å². The minimum atomic E-state index is -1.08. The van der Waals surface area contributed by atoms with Gasteiger partial charge in [-0.05, 0) is 55.6 Å². The Hall–Kier alpha value is -1.68. The Morgan fingerprint density at radius 3 is 2.56 bits per heavy atom. The number of hydrogen-bond acceptors (Lipinski definition) is 4. The molecule has 2 saturated carbocycles. The number of allylic oxidation sites excluding steroid dienone is 2. The van der Waals surface area contributed by atoms with Crippen LogP contribution in [0.25, 0.3) is 0 Å². The zero-order valence-electron chi connectivity index (χ0n) is 15.9. The summed E-state index contributed by atoms with van der Waals surface area (Å²) in [7, 11) is 0. The summed E-state index contributed by atoms with van der Waals surface area (Å²) in [6.45, 7) is 14.0. The summed E-state index contributed by atoms with van der Waals surface area (Å²) in [6, 6.07) is 0. The van der Waals surface area contributed by atoms with Gasteiger partial charge in [-0.25, -0.2) is 4.79 Å². The standard InChI is InChI=1S/C21H30O4/c1-7-12(5)9-17(22)25-16-10-15(11(3)4)19-14(8-2)20(23)21(24)18(19)13(16)6/h8-9,11,15-16,18-19,21,24H,6-7,10H2,1-5H3/b12-9+,14-8-/t15-,16+,18-,19-,21-/m0/s1. The van der Waals surface area contributed by atoms with Crippen LogP contribution in [0.2, 0.25) is 0 Å². The predicted octanol–water partition coefficient (Wildman–Crippen LogP) is 3.61. The Kier molecular flexibility index (Phi) is 6.04. The van der Waals surface area contributed by atoms with E-state index in [2.05, 4.69) is 20.4 Å². The molecule has 4 nitrogen and oxygen atoms in total. The van der Waals surface area contributed by atoms with Gasteiger partial charge in [-0.3, -0.25) is 4.79 Å². The van der Waals surface area contributed by atoms with E-state index in [1.807, 2.05) is 26.8 Å². The first-order valence-corrected chi connectivity index (χ1v) is 9.17. The third-order valence-corrected chi connectivity index (χ3v) is 5.78. The van der Waals surface area contributed by atoms with Crippen molar-refractivity contribution < 1.29 is 19.4 Å². The van der Waals surface area contributed by atoms with Gasteiger partial charge in [0.15, 0.2) is 5.78 Å². The SMILES string of the molecule is C=C1[C@H]2[C@@H](/C(=C/C)C(=O)[C@H]2O)[C@H](C(C)C)C[C@H]1OC(=O)/C=C(\C)CC. The van der Waals surface area contributed by atoms with E-state index in [4.69, 9.17) is 4.74 Å². The largest absolute Gasteiger partial charge is 0.455 e. The van der Waals surface area contributed by atoms with E-state index in [1.54, 1.807) is 0 Å². The Balaban J connectivity index is 2.32. The van der Waals surface area contributed by atoms with Gasteiger partial charge in [-0.1, -0.05) is 39.0 Å². The van der Waals surface area contributed by atoms with E-state index in [0.717, 1.165) is 12.0 Å². The van der Waals surface area contributed by atoms with Crippen molar-refractivity contribution in [2.75, 3.05) is 0 Å². The molecule has 138 valence electrons. The number of Topliss-reactive ketones (excluding diaryl/α,β-unsaturated/α-hetero) is 1.